The Kier molecular flexibility index (Phi) is 3.29. The van der Waals surface area contributed by atoms with E-state index in [0.717, 1.165) is 36.5 Å². The Bertz CT molecular complexity index is 361. The fraction of sp³-hybridized carbons (Fsp3) is 0.583. The highest BCUT2D eigenvalue weighted by Gasteiger charge is 2.29. The second kappa shape index (κ2) is 4.70. The van der Waals surface area contributed by atoms with Crippen molar-refractivity contribution in [3.63, 3.8) is 0 Å². The second-order valence-corrected chi connectivity index (χ2v) is 4.28. The van der Waals surface area contributed by atoms with Gasteiger partial charge in [0.05, 0.1) is 11.8 Å². The molecule has 1 heterocycles. The van der Waals surface area contributed by atoms with E-state index in [1.54, 1.807) is 6.20 Å². The lowest BCUT2D eigenvalue weighted by atomic mass is 9.89. The molecule has 1 saturated carbocycles. The Morgan fingerprint density at radius 3 is 3.00 bits per heavy atom. The molecule has 2 rings (SSSR count). The summed E-state index contributed by atoms with van der Waals surface area (Å²) < 4.78 is 5.51. The van der Waals surface area contributed by atoms with E-state index in [1.807, 2.05) is 19.9 Å². The van der Waals surface area contributed by atoms with E-state index in [1.165, 1.54) is 0 Å². The number of nitrogen functional groups attached to an aromatic ring is 1. The second-order valence-electron chi connectivity index (χ2n) is 4.28. The number of nitrogens with two attached hydrogens (primary N) is 1. The van der Waals surface area contributed by atoms with Crippen molar-refractivity contribution in [1.82, 2.24) is 4.98 Å². The number of hydrogen-bond acceptors (Lipinski definition) is 4. The molecule has 0 unspecified atom stereocenters. The van der Waals surface area contributed by atoms with Gasteiger partial charge in [0, 0.05) is 18.8 Å². The maximum absolute atomic E-state index is 5.95. The summed E-state index contributed by atoms with van der Waals surface area (Å²) in [5.41, 5.74) is 7.77. The minimum absolute atomic E-state index is 0.411. The van der Waals surface area contributed by atoms with Gasteiger partial charge in [-0.2, -0.15) is 0 Å². The normalized spacial score (nSPS) is 23.9. The summed E-state index contributed by atoms with van der Waals surface area (Å²) in [5, 5.41) is 3.36. The van der Waals surface area contributed by atoms with Gasteiger partial charge in [-0.25, -0.2) is 4.98 Å². The van der Waals surface area contributed by atoms with Crippen molar-refractivity contribution in [2.24, 2.45) is 0 Å². The Hall–Kier alpha value is -1.29. The van der Waals surface area contributed by atoms with Crippen LogP contribution < -0.4 is 11.1 Å². The van der Waals surface area contributed by atoms with Gasteiger partial charge in [0.25, 0.3) is 0 Å². The van der Waals surface area contributed by atoms with Gasteiger partial charge in [-0.1, -0.05) is 0 Å². The van der Waals surface area contributed by atoms with Gasteiger partial charge in [-0.3, -0.25) is 0 Å². The summed E-state index contributed by atoms with van der Waals surface area (Å²) in [6, 6.07) is 2.37. The lowest BCUT2D eigenvalue weighted by Gasteiger charge is -2.35. The van der Waals surface area contributed by atoms with E-state index in [9.17, 15) is 0 Å². The van der Waals surface area contributed by atoms with E-state index >= 15 is 0 Å². The van der Waals surface area contributed by atoms with E-state index < -0.39 is 0 Å². The molecule has 4 nitrogen and oxygen atoms in total. The highest BCUT2D eigenvalue weighted by Crippen LogP contribution is 2.28. The van der Waals surface area contributed by atoms with Crippen molar-refractivity contribution >= 4 is 11.5 Å². The van der Waals surface area contributed by atoms with Gasteiger partial charge >= 0.3 is 0 Å². The lowest BCUT2D eigenvalue weighted by molar-refractivity contribution is 0.00294. The number of pyridine rings is 1. The summed E-state index contributed by atoms with van der Waals surface area (Å²) in [6.45, 7) is 4.81. The van der Waals surface area contributed by atoms with Gasteiger partial charge in [-0.15, -0.1) is 0 Å². The smallest absolute Gasteiger partial charge is 0.149 e. The molecular formula is C12H19N3O. The number of aromatic nitrogens is 1. The first kappa shape index (κ1) is 11.2. The standard InChI is InChI=1S/C12H19N3O/c1-3-16-10-6-9(7-10)15-12-11(13)8(2)4-5-14-12/h4-5,9-10H,3,6-7,13H2,1-2H3,(H,14,15). The molecular weight excluding hydrogens is 202 g/mol. The third kappa shape index (κ3) is 2.27. The van der Waals surface area contributed by atoms with Crippen molar-refractivity contribution in [1.29, 1.82) is 0 Å². The maximum Gasteiger partial charge on any atom is 0.149 e. The van der Waals surface area contributed by atoms with Crippen LogP contribution >= 0.6 is 0 Å². The van der Waals surface area contributed by atoms with Crippen molar-refractivity contribution in [3.8, 4) is 0 Å². The summed E-state index contributed by atoms with van der Waals surface area (Å²) in [5.74, 6) is 0.806. The number of aryl methyl sites for hydroxylation is 1. The first-order valence-electron chi connectivity index (χ1n) is 5.80. The molecule has 1 fully saturated rings. The molecule has 1 aromatic rings. The van der Waals surface area contributed by atoms with Crippen LogP contribution in [-0.2, 0) is 4.74 Å². The zero-order valence-corrected chi connectivity index (χ0v) is 9.86. The molecule has 0 bridgehead atoms. The molecule has 0 aliphatic heterocycles. The van der Waals surface area contributed by atoms with E-state index in [-0.39, 0.29) is 0 Å². The molecule has 0 radical (unpaired) electrons. The summed E-state index contributed by atoms with van der Waals surface area (Å²) in [7, 11) is 0. The molecule has 0 amide bonds. The highest BCUT2D eigenvalue weighted by atomic mass is 16.5. The van der Waals surface area contributed by atoms with Crippen molar-refractivity contribution < 1.29 is 4.74 Å². The zero-order chi connectivity index (χ0) is 11.5. The number of anilines is 2. The molecule has 3 N–H and O–H groups in total. The number of nitrogens with one attached hydrogen (secondary N) is 1. The molecule has 0 aromatic carbocycles. The van der Waals surface area contributed by atoms with Crippen LogP contribution in [0.15, 0.2) is 12.3 Å². The molecule has 0 atom stereocenters. The van der Waals surface area contributed by atoms with Gasteiger partial charge in [0.2, 0.25) is 0 Å². The summed E-state index contributed by atoms with van der Waals surface area (Å²) in [6.07, 6.45) is 4.28. The lowest BCUT2D eigenvalue weighted by Crippen LogP contribution is -2.41. The van der Waals surface area contributed by atoms with Crippen LogP contribution in [0.4, 0.5) is 11.5 Å². The van der Waals surface area contributed by atoms with Crippen molar-refractivity contribution in [3.05, 3.63) is 17.8 Å². The highest BCUT2D eigenvalue weighted by molar-refractivity contribution is 5.65. The average Bonchev–Trinajstić information content (AvgIpc) is 2.21. The summed E-state index contributed by atoms with van der Waals surface area (Å²) >= 11 is 0. The number of ether oxygens (including phenoxy) is 1. The minimum Gasteiger partial charge on any atom is -0.396 e. The third-order valence-electron chi connectivity index (χ3n) is 3.05. The topological polar surface area (TPSA) is 60.2 Å². The predicted molar refractivity (Wildman–Crippen MR) is 65.4 cm³/mol. The Morgan fingerprint density at radius 2 is 2.31 bits per heavy atom. The minimum atomic E-state index is 0.411. The van der Waals surface area contributed by atoms with Gasteiger partial charge in [-0.05, 0) is 38.3 Å². The van der Waals surface area contributed by atoms with Crippen molar-refractivity contribution in [2.75, 3.05) is 17.7 Å². The largest absolute Gasteiger partial charge is 0.396 e. The molecule has 1 aliphatic rings. The SMILES string of the molecule is CCOC1CC(Nc2nccc(C)c2N)C1. The Morgan fingerprint density at radius 1 is 1.56 bits per heavy atom. The quantitative estimate of drug-likeness (QED) is 0.816. The van der Waals surface area contributed by atoms with E-state index in [4.69, 9.17) is 10.5 Å². The predicted octanol–water partition coefficient (Wildman–Crippen LogP) is 1.95. The van der Waals surface area contributed by atoms with E-state index in [2.05, 4.69) is 10.3 Å². The monoisotopic (exact) mass is 221 g/mol. The molecule has 0 saturated heterocycles. The molecule has 4 heteroatoms. The molecule has 1 aliphatic carbocycles. The van der Waals surface area contributed by atoms with Crippen LogP contribution in [0.5, 0.6) is 0 Å². The maximum atomic E-state index is 5.95. The van der Waals surface area contributed by atoms with Gasteiger partial charge in [0.15, 0.2) is 0 Å². The van der Waals surface area contributed by atoms with Crippen LogP contribution in [0.3, 0.4) is 0 Å². The average molecular weight is 221 g/mol. The zero-order valence-electron chi connectivity index (χ0n) is 9.86. The van der Waals surface area contributed by atoms with Crippen LogP contribution in [0.25, 0.3) is 0 Å². The van der Waals surface area contributed by atoms with Crippen LogP contribution in [0, 0.1) is 6.92 Å². The molecule has 16 heavy (non-hydrogen) atoms. The Labute approximate surface area is 96.2 Å². The Balaban J connectivity index is 1.89. The van der Waals surface area contributed by atoms with Crippen LogP contribution in [-0.4, -0.2) is 23.7 Å². The molecule has 0 spiro atoms. The third-order valence-corrected chi connectivity index (χ3v) is 3.05. The fourth-order valence-electron chi connectivity index (χ4n) is 1.93. The van der Waals surface area contributed by atoms with Crippen molar-refractivity contribution in [2.45, 2.75) is 38.8 Å². The van der Waals surface area contributed by atoms with Gasteiger partial charge in [0.1, 0.15) is 5.82 Å². The first-order valence-corrected chi connectivity index (χ1v) is 5.80. The molecule has 1 aromatic heterocycles. The number of hydrogen-bond donors (Lipinski definition) is 2. The first-order chi connectivity index (χ1) is 7.70. The van der Waals surface area contributed by atoms with Crippen LogP contribution in [0.2, 0.25) is 0 Å². The number of nitrogens with zero attached hydrogens (tertiary/aromatic N) is 1. The molecule has 88 valence electrons. The van der Waals surface area contributed by atoms with Crippen LogP contribution in [0.1, 0.15) is 25.3 Å². The fourth-order valence-corrected chi connectivity index (χ4v) is 1.93. The van der Waals surface area contributed by atoms with E-state index in [0.29, 0.717) is 12.1 Å². The summed E-state index contributed by atoms with van der Waals surface area (Å²) in [4.78, 5) is 4.26. The van der Waals surface area contributed by atoms with Gasteiger partial charge < -0.3 is 15.8 Å². The number of rotatable bonds is 4.